The molecular formula is C15H23N5S2. The maximum absolute atomic E-state index is 4.61. The number of aromatic nitrogens is 2. The fraction of sp³-hybridized carbons (Fsp3) is 0.533. The van der Waals surface area contributed by atoms with E-state index in [1.165, 1.54) is 9.88 Å². The molecule has 7 heteroatoms. The molecule has 2 heterocycles. The van der Waals surface area contributed by atoms with Crippen molar-refractivity contribution in [3.63, 3.8) is 0 Å². The van der Waals surface area contributed by atoms with Gasteiger partial charge in [0.25, 0.3) is 0 Å². The van der Waals surface area contributed by atoms with Crippen LogP contribution in [-0.4, -0.2) is 23.0 Å². The number of thiazole rings is 2. The van der Waals surface area contributed by atoms with Gasteiger partial charge in [-0.3, -0.25) is 4.99 Å². The highest BCUT2D eigenvalue weighted by atomic mass is 32.1. The predicted molar refractivity (Wildman–Crippen MR) is 94.8 cm³/mol. The highest BCUT2D eigenvalue weighted by Gasteiger charge is 2.07. The smallest absolute Gasteiger partial charge is 0.191 e. The maximum Gasteiger partial charge on any atom is 0.191 e. The minimum absolute atomic E-state index is 0.479. The minimum atomic E-state index is 0.479. The van der Waals surface area contributed by atoms with E-state index in [-0.39, 0.29) is 0 Å². The Kier molecular flexibility index (Phi) is 5.90. The molecule has 22 heavy (non-hydrogen) atoms. The van der Waals surface area contributed by atoms with Crippen LogP contribution in [-0.2, 0) is 13.1 Å². The zero-order valence-electron chi connectivity index (χ0n) is 13.7. The average molecular weight is 338 g/mol. The molecular weight excluding hydrogens is 314 g/mol. The standard InChI is InChI=1S/C15H23N5S2/c1-9(2)14-20-12(8-21-14)6-17-15(16-5)18-7-13-19-10(3)11(4)22-13/h8-9H,6-7H2,1-5H3,(H2,16,17,18). The molecule has 0 amide bonds. The van der Waals surface area contributed by atoms with Gasteiger partial charge in [0.1, 0.15) is 5.01 Å². The first kappa shape index (κ1) is 16.9. The molecule has 0 radical (unpaired) electrons. The summed E-state index contributed by atoms with van der Waals surface area (Å²) in [5.41, 5.74) is 2.16. The van der Waals surface area contributed by atoms with Gasteiger partial charge in [-0.2, -0.15) is 0 Å². The highest BCUT2D eigenvalue weighted by Crippen LogP contribution is 2.19. The van der Waals surface area contributed by atoms with E-state index in [0.29, 0.717) is 19.0 Å². The molecule has 0 aliphatic heterocycles. The normalized spacial score (nSPS) is 12.0. The van der Waals surface area contributed by atoms with Crippen molar-refractivity contribution >= 4 is 28.6 Å². The summed E-state index contributed by atoms with van der Waals surface area (Å²) in [6.45, 7) is 9.82. The Hall–Kier alpha value is -1.47. The molecule has 0 aliphatic rings. The van der Waals surface area contributed by atoms with Crippen LogP contribution in [0, 0.1) is 13.8 Å². The van der Waals surface area contributed by atoms with Gasteiger partial charge in [-0.1, -0.05) is 13.8 Å². The fourth-order valence-electron chi connectivity index (χ4n) is 1.84. The third kappa shape index (κ3) is 4.51. The molecule has 2 rings (SSSR count). The number of nitrogens with zero attached hydrogens (tertiary/aromatic N) is 3. The van der Waals surface area contributed by atoms with E-state index in [4.69, 9.17) is 0 Å². The lowest BCUT2D eigenvalue weighted by atomic mass is 10.2. The molecule has 0 atom stereocenters. The first-order chi connectivity index (χ1) is 10.5. The molecule has 2 N–H and O–H groups in total. The molecule has 0 unspecified atom stereocenters. The van der Waals surface area contributed by atoms with Crippen molar-refractivity contribution in [2.75, 3.05) is 7.05 Å². The summed E-state index contributed by atoms with van der Waals surface area (Å²) in [5, 5.41) is 10.9. The van der Waals surface area contributed by atoms with Crippen LogP contribution in [0.3, 0.4) is 0 Å². The van der Waals surface area contributed by atoms with Crippen molar-refractivity contribution in [1.82, 2.24) is 20.6 Å². The van der Waals surface area contributed by atoms with Crippen LogP contribution in [0.4, 0.5) is 0 Å². The number of guanidine groups is 1. The SMILES string of the molecule is CN=C(NCc1csc(C(C)C)n1)NCc1nc(C)c(C)s1. The quantitative estimate of drug-likeness (QED) is 0.650. The Balaban J connectivity index is 1.84. The van der Waals surface area contributed by atoms with Crippen LogP contribution in [0.2, 0.25) is 0 Å². The molecule has 0 spiro atoms. The van der Waals surface area contributed by atoms with Crippen LogP contribution < -0.4 is 10.6 Å². The third-order valence-corrected chi connectivity index (χ3v) is 5.47. The van der Waals surface area contributed by atoms with Crippen LogP contribution >= 0.6 is 22.7 Å². The molecule has 2 aromatic rings. The van der Waals surface area contributed by atoms with Gasteiger partial charge in [0.15, 0.2) is 5.96 Å². The molecule has 0 saturated heterocycles. The topological polar surface area (TPSA) is 62.2 Å². The summed E-state index contributed by atoms with van der Waals surface area (Å²) >= 11 is 3.43. The van der Waals surface area contributed by atoms with Crippen molar-refractivity contribution in [2.45, 2.75) is 46.7 Å². The van der Waals surface area contributed by atoms with E-state index in [1.54, 1.807) is 29.7 Å². The van der Waals surface area contributed by atoms with Crippen LogP contribution in [0.25, 0.3) is 0 Å². The van der Waals surface area contributed by atoms with Gasteiger partial charge >= 0.3 is 0 Å². The van der Waals surface area contributed by atoms with Gasteiger partial charge in [0.2, 0.25) is 0 Å². The molecule has 0 bridgehead atoms. The number of hydrogen-bond donors (Lipinski definition) is 2. The van der Waals surface area contributed by atoms with Crippen molar-refractivity contribution < 1.29 is 0 Å². The summed E-state index contributed by atoms with van der Waals surface area (Å²) in [5.74, 6) is 1.25. The monoisotopic (exact) mass is 337 g/mol. The van der Waals surface area contributed by atoms with Gasteiger partial charge in [0.05, 0.1) is 29.5 Å². The second kappa shape index (κ2) is 7.69. The molecule has 0 saturated carbocycles. The molecule has 2 aromatic heterocycles. The Bertz CT molecular complexity index is 623. The Morgan fingerprint density at radius 2 is 1.95 bits per heavy atom. The molecule has 0 fully saturated rings. The minimum Gasteiger partial charge on any atom is -0.351 e. The summed E-state index contributed by atoms with van der Waals surface area (Å²) in [4.78, 5) is 14.6. The van der Waals surface area contributed by atoms with Crippen LogP contribution in [0.1, 0.15) is 46.0 Å². The first-order valence-corrected chi connectivity index (χ1v) is 9.01. The van der Waals surface area contributed by atoms with Crippen molar-refractivity contribution in [3.8, 4) is 0 Å². The molecule has 5 nitrogen and oxygen atoms in total. The van der Waals surface area contributed by atoms with Crippen LogP contribution in [0.5, 0.6) is 0 Å². The van der Waals surface area contributed by atoms with Gasteiger partial charge < -0.3 is 10.6 Å². The maximum atomic E-state index is 4.61. The number of hydrogen-bond acceptors (Lipinski definition) is 5. The summed E-state index contributed by atoms with van der Waals surface area (Å²) in [6.07, 6.45) is 0. The summed E-state index contributed by atoms with van der Waals surface area (Å²) in [7, 11) is 1.77. The fourth-order valence-corrected chi connectivity index (χ4v) is 3.55. The number of nitrogens with one attached hydrogen (secondary N) is 2. The second-order valence-electron chi connectivity index (χ2n) is 5.36. The summed E-state index contributed by atoms with van der Waals surface area (Å²) < 4.78 is 0. The highest BCUT2D eigenvalue weighted by molar-refractivity contribution is 7.11. The lowest BCUT2D eigenvalue weighted by Gasteiger charge is -2.09. The van der Waals surface area contributed by atoms with E-state index in [1.807, 2.05) is 6.92 Å². The first-order valence-electron chi connectivity index (χ1n) is 7.31. The molecule has 0 aliphatic carbocycles. The third-order valence-electron chi connectivity index (χ3n) is 3.20. The predicted octanol–water partition coefficient (Wildman–Crippen LogP) is 3.21. The van der Waals surface area contributed by atoms with Crippen molar-refractivity contribution in [3.05, 3.63) is 31.7 Å². The largest absolute Gasteiger partial charge is 0.351 e. The Morgan fingerprint density at radius 1 is 1.23 bits per heavy atom. The van der Waals surface area contributed by atoms with Crippen molar-refractivity contribution in [2.24, 2.45) is 4.99 Å². The van der Waals surface area contributed by atoms with E-state index in [0.717, 1.165) is 22.4 Å². The lowest BCUT2D eigenvalue weighted by molar-refractivity contribution is 0.780. The van der Waals surface area contributed by atoms with E-state index >= 15 is 0 Å². The zero-order valence-corrected chi connectivity index (χ0v) is 15.4. The van der Waals surface area contributed by atoms with Gasteiger partial charge in [-0.05, 0) is 13.8 Å². The van der Waals surface area contributed by atoms with E-state index < -0.39 is 0 Å². The zero-order chi connectivity index (χ0) is 16.1. The van der Waals surface area contributed by atoms with Gasteiger partial charge in [-0.25, -0.2) is 9.97 Å². The van der Waals surface area contributed by atoms with Gasteiger partial charge in [-0.15, -0.1) is 22.7 Å². The Labute approximate surface area is 139 Å². The van der Waals surface area contributed by atoms with E-state index in [9.17, 15) is 0 Å². The number of aliphatic imine (C=N–C) groups is 1. The molecule has 120 valence electrons. The number of rotatable bonds is 5. The van der Waals surface area contributed by atoms with E-state index in [2.05, 4.69) is 51.7 Å². The lowest BCUT2D eigenvalue weighted by Crippen LogP contribution is -2.36. The van der Waals surface area contributed by atoms with Crippen molar-refractivity contribution in [1.29, 1.82) is 0 Å². The average Bonchev–Trinajstić information content (AvgIpc) is 3.07. The Morgan fingerprint density at radius 3 is 2.50 bits per heavy atom. The number of aryl methyl sites for hydroxylation is 2. The molecule has 0 aromatic carbocycles. The summed E-state index contributed by atoms with van der Waals surface area (Å²) in [6, 6.07) is 0. The second-order valence-corrected chi connectivity index (χ2v) is 7.54. The van der Waals surface area contributed by atoms with Crippen LogP contribution in [0.15, 0.2) is 10.4 Å². The van der Waals surface area contributed by atoms with Gasteiger partial charge in [0, 0.05) is 23.2 Å².